The van der Waals surface area contributed by atoms with E-state index in [1.807, 2.05) is 26.0 Å². The molecule has 0 radical (unpaired) electrons. The van der Waals surface area contributed by atoms with Gasteiger partial charge in [-0.1, -0.05) is 44.0 Å². The Bertz CT molecular complexity index is 293. The molecule has 0 saturated carbocycles. The van der Waals surface area contributed by atoms with Crippen molar-refractivity contribution in [1.29, 1.82) is 0 Å². The molecule has 1 heteroatoms. The zero-order valence-electron chi connectivity index (χ0n) is 9.01. The Kier molecular flexibility index (Phi) is 5.23. The zero-order chi connectivity index (χ0) is 11.1. The Morgan fingerprint density at radius 2 is 1.50 bits per heavy atom. The molecule has 0 heterocycles. The molecular weight excluding hydrogens is 170 g/mol. The van der Waals surface area contributed by atoms with E-state index in [4.69, 9.17) is 0 Å². The normalized spacial score (nSPS) is 10.7. The highest BCUT2D eigenvalue weighted by Crippen LogP contribution is 2.09. The molecule has 0 amide bonds. The quantitative estimate of drug-likeness (QED) is 0.458. The largest absolute Gasteiger partial charge is 0.257 e. The van der Waals surface area contributed by atoms with Crippen LogP contribution in [0.25, 0.3) is 0 Å². The Labute approximate surface area is 86.6 Å². The van der Waals surface area contributed by atoms with Crippen LogP contribution < -0.4 is 0 Å². The number of aliphatic imine (C=N–C) groups is 1. The number of nitrogens with zero attached hydrogens (tertiary/aromatic N) is 1. The van der Waals surface area contributed by atoms with Crippen LogP contribution in [0.15, 0.2) is 65.9 Å². The molecule has 0 aliphatic rings. The molecule has 0 aromatic rings. The van der Waals surface area contributed by atoms with Gasteiger partial charge in [-0.15, -0.1) is 0 Å². The lowest BCUT2D eigenvalue weighted by Crippen LogP contribution is -1.81. The first-order chi connectivity index (χ1) is 6.43. The summed E-state index contributed by atoms with van der Waals surface area (Å²) >= 11 is 0. The van der Waals surface area contributed by atoms with Crippen LogP contribution in [0.2, 0.25) is 0 Å². The molecule has 0 spiro atoms. The van der Waals surface area contributed by atoms with Crippen molar-refractivity contribution in [2.45, 2.75) is 13.8 Å². The summed E-state index contributed by atoms with van der Waals surface area (Å²) in [7, 11) is 0. The molecule has 0 aromatic carbocycles. The van der Waals surface area contributed by atoms with Crippen LogP contribution in [0.3, 0.4) is 0 Å². The van der Waals surface area contributed by atoms with E-state index in [9.17, 15) is 0 Å². The Morgan fingerprint density at radius 3 is 1.93 bits per heavy atom. The first kappa shape index (κ1) is 12.4. The minimum atomic E-state index is 0.644. The van der Waals surface area contributed by atoms with Crippen LogP contribution in [-0.4, -0.2) is 6.21 Å². The third-order valence-electron chi connectivity index (χ3n) is 1.38. The average molecular weight is 187 g/mol. The van der Waals surface area contributed by atoms with Gasteiger partial charge < -0.3 is 0 Å². The van der Waals surface area contributed by atoms with Crippen molar-refractivity contribution in [1.82, 2.24) is 0 Å². The van der Waals surface area contributed by atoms with Gasteiger partial charge in [-0.2, -0.15) is 0 Å². The minimum absolute atomic E-state index is 0.644. The van der Waals surface area contributed by atoms with Crippen LogP contribution in [-0.2, 0) is 0 Å². The second kappa shape index (κ2) is 5.92. The highest BCUT2D eigenvalue weighted by Gasteiger charge is 1.91. The third kappa shape index (κ3) is 5.95. The number of allylic oxidation sites excluding steroid dienone is 4. The first-order valence-electron chi connectivity index (χ1n) is 4.35. The lowest BCUT2D eigenvalue weighted by atomic mass is 10.2. The first-order valence-corrected chi connectivity index (χ1v) is 4.35. The lowest BCUT2D eigenvalue weighted by molar-refractivity contribution is 1.37. The molecule has 0 fully saturated rings. The van der Waals surface area contributed by atoms with Crippen molar-refractivity contribution >= 4 is 6.21 Å². The van der Waals surface area contributed by atoms with Gasteiger partial charge >= 0.3 is 0 Å². The van der Waals surface area contributed by atoms with E-state index in [2.05, 4.69) is 31.3 Å². The smallest absolute Gasteiger partial charge is 0.0624 e. The molecule has 0 aromatic heterocycles. The summed E-state index contributed by atoms with van der Waals surface area (Å²) in [6, 6.07) is 0. The molecule has 0 atom stereocenters. The summed E-state index contributed by atoms with van der Waals surface area (Å²) in [4.78, 5) is 4.10. The Hall–Kier alpha value is -1.63. The van der Waals surface area contributed by atoms with Crippen molar-refractivity contribution in [2.75, 3.05) is 0 Å². The minimum Gasteiger partial charge on any atom is -0.257 e. The average Bonchev–Trinajstić information content (AvgIpc) is 2.09. The van der Waals surface area contributed by atoms with Gasteiger partial charge in [0.25, 0.3) is 0 Å². The Balaban J connectivity index is 4.35. The van der Waals surface area contributed by atoms with Gasteiger partial charge in [0.15, 0.2) is 0 Å². The van der Waals surface area contributed by atoms with Crippen molar-refractivity contribution in [3.63, 3.8) is 0 Å². The van der Waals surface area contributed by atoms with E-state index in [0.717, 1.165) is 16.7 Å². The number of hydrogen-bond acceptors (Lipinski definition) is 1. The number of hydrogen-bond donors (Lipinski definition) is 0. The van der Waals surface area contributed by atoms with Crippen LogP contribution >= 0.6 is 0 Å². The standard InChI is InChI=1S/C13H17N/c1-10(2)7-8-12(5)13(6)14-9-11(3)4/h7-9H,1,3,5-6H2,2,4H3/b8-7-,14-9?. The summed E-state index contributed by atoms with van der Waals surface area (Å²) in [5.74, 6) is 0. The fraction of sp³-hybridized carbons (Fsp3) is 0.154. The maximum absolute atomic E-state index is 4.10. The SMILES string of the molecule is C=C(C)C=NC(=C)C(=C)/C=C\C(=C)C. The molecule has 0 aliphatic heterocycles. The van der Waals surface area contributed by atoms with Gasteiger partial charge in [0.2, 0.25) is 0 Å². The number of rotatable bonds is 5. The molecule has 0 bridgehead atoms. The van der Waals surface area contributed by atoms with Crippen molar-refractivity contribution in [3.8, 4) is 0 Å². The van der Waals surface area contributed by atoms with Gasteiger partial charge in [-0.3, -0.25) is 4.99 Å². The molecule has 0 rings (SSSR count). The van der Waals surface area contributed by atoms with E-state index in [1.54, 1.807) is 6.21 Å². The Morgan fingerprint density at radius 1 is 0.929 bits per heavy atom. The molecule has 74 valence electrons. The van der Waals surface area contributed by atoms with Gasteiger partial charge in [0.1, 0.15) is 0 Å². The summed E-state index contributed by atoms with van der Waals surface area (Å²) in [5, 5.41) is 0. The maximum Gasteiger partial charge on any atom is 0.0624 e. The highest BCUT2D eigenvalue weighted by molar-refractivity contribution is 5.78. The van der Waals surface area contributed by atoms with Crippen LogP contribution in [0.5, 0.6) is 0 Å². The topological polar surface area (TPSA) is 12.4 Å². The summed E-state index contributed by atoms with van der Waals surface area (Å²) in [6.07, 6.45) is 5.40. The molecule has 0 saturated heterocycles. The lowest BCUT2D eigenvalue weighted by Gasteiger charge is -1.97. The van der Waals surface area contributed by atoms with E-state index < -0.39 is 0 Å². The predicted molar refractivity (Wildman–Crippen MR) is 65.5 cm³/mol. The molecule has 1 nitrogen and oxygen atoms in total. The molecule has 0 unspecified atom stereocenters. The van der Waals surface area contributed by atoms with Gasteiger partial charge in [-0.25, -0.2) is 0 Å². The maximum atomic E-state index is 4.10. The predicted octanol–water partition coefficient (Wildman–Crippen LogP) is 3.84. The monoisotopic (exact) mass is 187 g/mol. The van der Waals surface area contributed by atoms with E-state index in [0.29, 0.717) is 5.70 Å². The summed E-state index contributed by atoms with van der Waals surface area (Å²) in [5.41, 5.74) is 3.29. The summed E-state index contributed by atoms with van der Waals surface area (Å²) in [6.45, 7) is 18.9. The van der Waals surface area contributed by atoms with Crippen LogP contribution in [0.1, 0.15) is 13.8 Å². The van der Waals surface area contributed by atoms with Gasteiger partial charge in [-0.05, 0) is 25.0 Å². The summed E-state index contributed by atoms with van der Waals surface area (Å²) < 4.78 is 0. The molecule has 0 N–H and O–H groups in total. The molecule has 14 heavy (non-hydrogen) atoms. The highest BCUT2D eigenvalue weighted by atomic mass is 14.7. The van der Waals surface area contributed by atoms with Crippen LogP contribution in [0, 0.1) is 0 Å². The van der Waals surface area contributed by atoms with Gasteiger partial charge in [0, 0.05) is 6.21 Å². The van der Waals surface area contributed by atoms with E-state index >= 15 is 0 Å². The third-order valence-corrected chi connectivity index (χ3v) is 1.38. The fourth-order valence-corrected chi connectivity index (χ4v) is 0.610. The van der Waals surface area contributed by atoms with E-state index in [-0.39, 0.29) is 0 Å². The van der Waals surface area contributed by atoms with Crippen molar-refractivity contribution in [3.05, 3.63) is 60.9 Å². The van der Waals surface area contributed by atoms with Crippen LogP contribution in [0.4, 0.5) is 0 Å². The van der Waals surface area contributed by atoms with Crippen molar-refractivity contribution in [2.24, 2.45) is 4.99 Å². The molecular formula is C13H17N. The fourth-order valence-electron chi connectivity index (χ4n) is 0.610. The van der Waals surface area contributed by atoms with Gasteiger partial charge in [0.05, 0.1) is 5.70 Å². The molecule has 0 aliphatic carbocycles. The second-order valence-corrected chi connectivity index (χ2v) is 3.26. The van der Waals surface area contributed by atoms with Crippen molar-refractivity contribution < 1.29 is 0 Å². The zero-order valence-corrected chi connectivity index (χ0v) is 9.01. The second-order valence-electron chi connectivity index (χ2n) is 3.26. The van der Waals surface area contributed by atoms with E-state index in [1.165, 1.54) is 0 Å².